The lowest BCUT2D eigenvalue weighted by molar-refractivity contribution is -0.308. The van der Waals surface area contributed by atoms with Gasteiger partial charge in [0.15, 0.2) is 0 Å². The minimum Gasteiger partial charge on any atom is -0.426 e. The average Bonchev–Trinajstić information content (AvgIpc) is 3.31. The van der Waals surface area contributed by atoms with Gasteiger partial charge in [-0.05, 0) is 29.5 Å². The van der Waals surface area contributed by atoms with Crippen molar-refractivity contribution in [3.05, 3.63) is 29.6 Å². The second-order valence-corrected chi connectivity index (χ2v) is 8.84. The number of halogens is 7. The summed E-state index contributed by atoms with van der Waals surface area (Å²) in [7, 11) is 0. The highest BCUT2D eigenvalue weighted by molar-refractivity contribution is 5.68. The van der Waals surface area contributed by atoms with Crippen LogP contribution in [0, 0.1) is 17.7 Å². The van der Waals surface area contributed by atoms with Crippen LogP contribution in [0.4, 0.5) is 41.2 Å². The van der Waals surface area contributed by atoms with Crippen molar-refractivity contribution >= 4 is 11.8 Å². The summed E-state index contributed by atoms with van der Waals surface area (Å²) in [5.41, 5.74) is 1.69. The first-order chi connectivity index (χ1) is 15.9. The van der Waals surface area contributed by atoms with Crippen molar-refractivity contribution in [3.8, 4) is 0 Å². The minimum atomic E-state index is -5.74. The van der Waals surface area contributed by atoms with Gasteiger partial charge in [-0.2, -0.15) is 26.3 Å². The molecule has 0 aliphatic carbocycles. The number of rotatable bonds is 4. The SMILES string of the molecule is O=C(OC(C(F)(F)F)C(F)(F)F)N1CC2CN(Cc3ccc(F)cc3N3CCOCC3)CC2C1. The molecule has 3 aliphatic heterocycles. The minimum absolute atomic E-state index is 0.0160. The van der Waals surface area contributed by atoms with E-state index in [1.54, 1.807) is 6.07 Å². The number of ether oxygens (including phenoxy) is 2. The molecule has 1 amide bonds. The lowest BCUT2D eigenvalue weighted by Crippen LogP contribution is -2.48. The second kappa shape index (κ2) is 9.40. The molecule has 0 bridgehead atoms. The molecule has 1 aromatic carbocycles. The van der Waals surface area contributed by atoms with E-state index >= 15 is 0 Å². The summed E-state index contributed by atoms with van der Waals surface area (Å²) >= 11 is 0. The second-order valence-electron chi connectivity index (χ2n) is 8.84. The summed E-state index contributed by atoms with van der Waals surface area (Å²) in [6.45, 7) is 3.91. The van der Waals surface area contributed by atoms with Crippen molar-refractivity contribution < 1.29 is 45.0 Å². The van der Waals surface area contributed by atoms with Crippen LogP contribution in [0.2, 0.25) is 0 Å². The highest BCUT2D eigenvalue weighted by atomic mass is 19.4. The van der Waals surface area contributed by atoms with Crippen LogP contribution in [0.25, 0.3) is 0 Å². The maximum atomic E-state index is 13.9. The van der Waals surface area contributed by atoms with Crippen molar-refractivity contribution in [1.29, 1.82) is 0 Å². The van der Waals surface area contributed by atoms with Crippen LogP contribution < -0.4 is 4.90 Å². The Balaban J connectivity index is 1.35. The van der Waals surface area contributed by atoms with E-state index in [-0.39, 0.29) is 30.7 Å². The summed E-state index contributed by atoms with van der Waals surface area (Å²) in [5, 5.41) is 0. The van der Waals surface area contributed by atoms with Gasteiger partial charge in [0.2, 0.25) is 0 Å². The third-order valence-electron chi connectivity index (χ3n) is 6.43. The van der Waals surface area contributed by atoms with Crippen molar-refractivity contribution in [2.75, 3.05) is 57.4 Å². The summed E-state index contributed by atoms with van der Waals surface area (Å²) in [6, 6.07) is 4.57. The summed E-state index contributed by atoms with van der Waals surface area (Å²) in [5.74, 6) is -0.557. The number of morpholine rings is 1. The van der Waals surface area contributed by atoms with Crippen molar-refractivity contribution in [2.45, 2.75) is 25.0 Å². The maximum absolute atomic E-state index is 13.9. The Morgan fingerprint density at radius 1 is 1.00 bits per heavy atom. The first-order valence-corrected chi connectivity index (χ1v) is 10.8. The van der Waals surface area contributed by atoms with Gasteiger partial charge < -0.3 is 19.3 Å². The van der Waals surface area contributed by atoms with Gasteiger partial charge in [0.25, 0.3) is 6.10 Å². The molecular weight excluding hydrogens is 475 g/mol. The zero-order valence-corrected chi connectivity index (χ0v) is 18.0. The molecule has 0 N–H and O–H groups in total. The third kappa shape index (κ3) is 5.51. The van der Waals surface area contributed by atoms with Crippen LogP contribution in [0.5, 0.6) is 0 Å². The van der Waals surface area contributed by atoms with Gasteiger partial charge in [0.1, 0.15) is 5.82 Å². The molecule has 2 atom stereocenters. The topological polar surface area (TPSA) is 45.2 Å². The van der Waals surface area contributed by atoms with Crippen LogP contribution >= 0.6 is 0 Å². The molecule has 0 aromatic heterocycles. The Bertz CT molecular complexity index is 861. The predicted molar refractivity (Wildman–Crippen MR) is 106 cm³/mol. The molecule has 6 nitrogen and oxygen atoms in total. The molecule has 34 heavy (non-hydrogen) atoms. The fourth-order valence-corrected chi connectivity index (χ4v) is 4.87. The number of alkyl halides is 6. The Hall–Kier alpha value is -2.28. The number of hydrogen-bond donors (Lipinski definition) is 0. The number of carbonyl (C=O) groups excluding carboxylic acids is 1. The zero-order chi connectivity index (χ0) is 24.7. The van der Waals surface area contributed by atoms with E-state index in [0.29, 0.717) is 45.9 Å². The Morgan fingerprint density at radius 3 is 2.15 bits per heavy atom. The Labute approximate surface area is 191 Å². The molecule has 13 heteroatoms. The number of likely N-dealkylation sites (tertiary alicyclic amines) is 2. The smallest absolute Gasteiger partial charge is 0.426 e. The van der Waals surface area contributed by atoms with Crippen LogP contribution in [0.15, 0.2) is 18.2 Å². The van der Waals surface area contributed by atoms with E-state index < -0.39 is 24.5 Å². The van der Waals surface area contributed by atoms with E-state index in [9.17, 15) is 35.5 Å². The molecule has 3 fully saturated rings. The van der Waals surface area contributed by atoms with Crippen molar-refractivity contribution in [3.63, 3.8) is 0 Å². The summed E-state index contributed by atoms with van der Waals surface area (Å²) in [4.78, 5) is 17.1. The molecule has 4 rings (SSSR count). The number of hydrogen-bond acceptors (Lipinski definition) is 5. The Morgan fingerprint density at radius 2 is 1.59 bits per heavy atom. The molecule has 0 spiro atoms. The van der Waals surface area contributed by atoms with Gasteiger partial charge in [-0.1, -0.05) is 6.07 Å². The van der Waals surface area contributed by atoms with Gasteiger partial charge in [-0.25, -0.2) is 9.18 Å². The molecule has 0 radical (unpaired) electrons. The first-order valence-electron chi connectivity index (χ1n) is 10.8. The highest BCUT2D eigenvalue weighted by Gasteiger charge is 2.60. The standard InChI is InChI=1S/C21H24F7N3O3/c22-16-2-1-13(17(7-16)30-3-5-33-6-4-30)8-29-9-14-11-31(12-15(14)10-29)19(32)34-18(20(23,24)25)21(26,27)28/h1-2,7,14-15,18H,3-6,8-12H2. The third-order valence-corrected chi connectivity index (χ3v) is 6.43. The largest absolute Gasteiger partial charge is 0.434 e. The average molecular weight is 499 g/mol. The monoisotopic (exact) mass is 499 g/mol. The summed E-state index contributed by atoms with van der Waals surface area (Å²) < 4.78 is 99.2. The van der Waals surface area contributed by atoms with Gasteiger partial charge in [0, 0.05) is 51.5 Å². The summed E-state index contributed by atoms with van der Waals surface area (Å²) in [6.07, 6.45) is -17.3. The van der Waals surface area contributed by atoms with Gasteiger partial charge in [0.05, 0.1) is 13.2 Å². The lowest BCUT2D eigenvalue weighted by Gasteiger charge is -2.31. The molecule has 3 saturated heterocycles. The predicted octanol–water partition coefficient (Wildman–Crippen LogP) is 3.66. The fourth-order valence-electron chi connectivity index (χ4n) is 4.87. The van der Waals surface area contributed by atoms with E-state index in [0.717, 1.165) is 16.2 Å². The molecule has 3 heterocycles. The first kappa shape index (κ1) is 24.8. The molecule has 0 saturated carbocycles. The maximum Gasteiger partial charge on any atom is 0.434 e. The number of carbonyl (C=O) groups is 1. The van der Waals surface area contributed by atoms with Crippen molar-refractivity contribution in [2.24, 2.45) is 11.8 Å². The number of nitrogens with zero attached hydrogens (tertiary/aromatic N) is 3. The quantitative estimate of drug-likeness (QED) is 0.592. The number of benzene rings is 1. The normalized spacial score (nSPS) is 24.1. The van der Waals surface area contributed by atoms with Crippen LogP contribution in [0.1, 0.15) is 5.56 Å². The van der Waals surface area contributed by atoms with E-state index in [4.69, 9.17) is 4.74 Å². The number of anilines is 1. The van der Waals surface area contributed by atoms with Crippen LogP contribution in [-0.4, -0.2) is 86.8 Å². The highest BCUT2D eigenvalue weighted by Crippen LogP contribution is 2.38. The fraction of sp³-hybridized carbons (Fsp3) is 0.667. The van der Waals surface area contributed by atoms with Gasteiger partial charge in [-0.15, -0.1) is 0 Å². The van der Waals surface area contributed by atoms with Gasteiger partial charge >= 0.3 is 18.4 Å². The molecule has 190 valence electrons. The lowest BCUT2D eigenvalue weighted by atomic mass is 10.0. The van der Waals surface area contributed by atoms with E-state index in [1.807, 2.05) is 4.90 Å². The van der Waals surface area contributed by atoms with Crippen LogP contribution in [-0.2, 0) is 16.0 Å². The Kier molecular flexibility index (Phi) is 6.87. The van der Waals surface area contributed by atoms with Crippen molar-refractivity contribution in [1.82, 2.24) is 9.80 Å². The molecule has 1 aromatic rings. The zero-order valence-electron chi connectivity index (χ0n) is 18.0. The number of amides is 1. The van der Waals surface area contributed by atoms with Gasteiger partial charge in [-0.3, -0.25) is 4.90 Å². The molecular formula is C21H24F7N3O3. The van der Waals surface area contributed by atoms with E-state index in [2.05, 4.69) is 9.64 Å². The van der Waals surface area contributed by atoms with Crippen LogP contribution in [0.3, 0.4) is 0 Å². The number of fused-ring (bicyclic) bond motifs is 1. The molecule has 2 unspecified atom stereocenters. The van der Waals surface area contributed by atoms with E-state index in [1.165, 1.54) is 12.1 Å². The molecule has 3 aliphatic rings.